The number of amides is 1. The van der Waals surface area contributed by atoms with Crippen molar-refractivity contribution in [3.8, 4) is 0 Å². The van der Waals surface area contributed by atoms with Crippen LogP contribution in [0.1, 0.15) is 16.8 Å². The SMILES string of the molecule is O=C(NCc1ccccc1)C1(Cc2ccccn2)CN(Cc2ccc(F)cc2)CCO1. The zero-order chi connectivity index (χ0) is 21.5. The molecule has 1 aromatic heterocycles. The maximum absolute atomic E-state index is 13.4. The monoisotopic (exact) mass is 419 g/mol. The molecule has 0 radical (unpaired) electrons. The summed E-state index contributed by atoms with van der Waals surface area (Å²) in [7, 11) is 0. The minimum absolute atomic E-state index is 0.147. The first-order valence-corrected chi connectivity index (χ1v) is 10.5. The summed E-state index contributed by atoms with van der Waals surface area (Å²) >= 11 is 0. The molecule has 1 fully saturated rings. The minimum atomic E-state index is -1.04. The standard InChI is InChI=1S/C25H26FN3O2/c26-22-11-9-21(10-12-22)18-29-14-15-31-25(19-29,16-23-8-4-5-13-27-23)24(30)28-17-20-6-2-1-3-7-20/h1-13H,14-19H2,(H,28,30). The van der Waals surface area contributed by atoms with Crippen LogP contribution < -0.4 is 5.32 Å². The van der Waals surface area contributed by atoms with Crippen LogP contribution in [0, 0.1) is 5.82 Å². The summed E-state index contributed by atoms with van der Waals surface area (Å²) in [6, 6.07) is 22.0. The maximum Gasteiger partial charge on any atom is 0.254 e. The number of carbonyl (C=O) groups is 1. The Morgan fingerprint density at radius 1 is 1.03 bits per heavy atom. The van der Waals surface area contributed by atoms with Crippen LogP contribution in [0.3, 0.4) is 0 Å². The molecule has 1 atom stereocenters. The average Bonchev–Trinajstić information content (AvgIpc) is 2.80. The van der Waals surface area contributed by atoms with Gasteiger partial charge in [-0.05, 0) is 35.4 Å². The fraction of sp³-hybridized carbons (Fsp3) is 0.280. The zero-order valence-electron chi connectivity index (χ0n) is 17.3. The first-order valence-electron chi connectivity index (χ1n) is 10.5. The molecule has 0 aliphatic carbocycles. The fourth-order valence-electron chi connectivity index (χ4n) is 3.90. The number of pyridine rings is 1. The number of halogens is 1. The first-order chi connectivity index (χ1) is 15.1. The Bertz CT molecular complexity index is 983. The molecule has 2 aromatic carbocycles. The molecule has 0 saturated carbocycles. The summed E-state index contributed by atoms with van der Waals surface area (Å²) in [6.45, 7) is 2.63. The van der Waals surface area contributed by atoms with Gasteiger partial charge in [0.25, 0.3) is 5.91 Å². The van der Waals surface area contributed by atoms with Crippen molar-refractivity contribution in [2.75, 3.05) is 19.7 Å². The lowest BCUT2D eigenvalue weighted by molar-refractivity contribution is -0.161. The molecular formula is C25H26FN3O2. The summed E-state index contributed by atoms with van der Waals surface area (Å²) in [4.78, 5) is 20.0. The van der Waals surface area contributed by atoms with E-state index in [0.717, 1.165) is 16.8 Å². The fourth-order valence-corrected chi connectivity index (χ4v) is 3.90. The highest BCUT2D eigenvalue weighted by Crippen LogP contribution is 2.25. The number of nitrogens with one attached hydrogen (secondary N) is 1. The van der Waals surface area contributed by atoms with Gasteiger partial charge in [0.15, 0.2) is 5.60 Å². The van der Waals surface area contributed by atoms with Crippen molar-refractivity contribution in [2.24, 2.45) is 0 Å². The van der Waals surface area contributed by atoms with E-state index in [1.807, 2.05) is 48.5 Å². The molecule has 31 heavy (non-hydrogen) atoms. The Kier molecular flexibility index (Phi) is 6.70. The van der Waals surface area contributed by atoms with Crippen molar-refractivity contribution in [3.05, 3.63) is 102 Å². The summed E-state index contributed by atoms with van der Waals surface area (Å²) in [5, 5.41) is 3.05. The predicted molar refractivity (Wildman–Crippen MR) is 117 cm³/mol. The molecule has 5 nitrogen and oxygen atoms in total. The number of rotatable bonds is 7. The second-order valence-electron chi connectivity index (χ2n) is 7.85. The van der Waals surface area contributed by atoms with Gasteiger partial charge in [-0.3, -0.25) is 14.7 Å². The largest absolute Gasteiger partial charge is 0.362 e. The molecule has 4 rings (SSSR count). The third-order valence-electron chi connectivity index (χ3n) is 5.49. The van der Waals surface area contributed by atoms with E-state index in [4.69, 9.17) is 4.74 Å². The molecule has 160 valence electrons. The maximum atomic E-state index is 13.4. The van der Waals surface area contributed by atoms with E-state index in [1.165, 1.54) is 12.1 Å². The van der Waals surface area contributed by atoms with E-state index in [-0.39, 0.29) is 11.7 Å². The number of nitrogens with zero attached hydrogens (tertiary/aromatic N) is 2. The van der Waals surface area contributed by atoms with Crippen molar-refractivity contribution in [1.82, 2.24) is 15.2 Å². The van der Waals surface area contributed by atoms with Crippen LogP contribution in [0.4, 0.5) is 4.39 Å². The summed E-state index contributed by atoms with van der Waals surface area (Å²) in [5.74, 6) is -0.402. The Labute approximate surface area is 181 Å². The lowest BCUT2D eigenvalue weighted by Crippen LogP contribution is -2.60. The lowest BCUT2D eigenvalue weighted by Gasteiger charge is -2.41. The molecule has 0 spiro atoms. The molecule has 0 bridgehead atoms. The van der Waals surface area contributed by atoms with Gasteiger partial charge in [0, 0.05) is 44.5 Å². The van der Waals surface area contributed by atoms with E-state index in [9.17, 15) is 9.18 Å². The molecule has 6 heteroatoms. The van der Waals surface area contributed by atoms with Crippen LogP contribution in [-0.2, 0) is 29.0 Å². The topological polar surface area (TPSA) is 54.5 Å². The van der Waals surface area contributed by atoms with Crippen molar-refractivity contribution < 1.29 is 13.9 Å². The molecule has 3 aromatic rings. The second kappa shape index (κ2) is 9.81. The van der Waals surface area contributed by atoms with Crippen LogP contribution in [0.15, 0.2) is 79.0 Å². The highest BCUT2D eigenvalue weighted by Gasteiger charge is 2.44. The smallest absolute Gasteiger partial charge is 0.254 e. The van der Waals surface area contributed by atoms with Gasteiger partial charge in [-0.15, -0.1) is 0 Å². The Hall–Kier alpha value is -3.09. The molecule has 1 amide bonds. The van der Waals surface area contributed by atoms with Crippen LogP contribution >= 0.6 is 0 Å². The van der Waals surface area contributed by atoms with Gasteiger partial charge >= 0.3 is 0 Å². The summed E-state index contributed by atoms with van der Waals surface area (Å²) < 4.78 is 19.4. The van der Waals surface area contributed by atoms with Crippen molar-refractivity contribution >= 4 is 5.91 Å². The second-order valence-corrected chi connectivity index (χ2v) is 7.85. The van der Waals surface area contributed by atoms with Crippen molar-refractivity contribution in [2.45, 2.75) is 25.1 Å². The predicted octanol–water partition coefficient (Wildman–Crippen LogP) is 3.35. The molecule has 1 aliphatic heterocycles. The van der Waals surface area contributed by atoms with Gasteiger partial charge in [0.2, 0.25) is 0 Å². The number of aromatic nitrogens is 1. The average molecular weight is 420 g/mol. The van der Waals surface area contributed by atoms with E-state index in [0.29, 0.717) is 39.2 Å². The van der Waals surface area contributed by atoms with Crippen LogP contribution in [0.2, 0.25) is 0 Å². The highest BCUT2D eigenvalue weighted by molar-refractivity contribution is 5.86. The minimum Gasteiger partial charge on any atom is -0.362 e. The number of benzene rings is 2. The number of ether oxygens (including phenoxy) is 1. The van der Waals surface area contributed by atoms with Crippen LogP contribution in [-0.4, -0.2) is 41.1 Å². The van der Waals surface area contributed by atoms with Crippen molar-refractivity contribution in [3.63, 3.8) is 0 Å². The van der Waals surface area contributed by atoms with Gasteiger partial charge < -0.3 is 10.1 Å². The molecule has 1 saturated heterocycles. The number of carbonyl (C=O) groups excluding carboxylic acids is 1. The quantitative estimate of drug-likeness (QED) is 0.638. The molecule has 1 aliphatic rings. The van der Waals surface area contributed by atoms with Gasteiger partial charge in [-0.2, -0.15) is 0 Å². The van der Waals surface area contributed by atoms with E-state index in [1.54, 1.807) is 18.3 Å². The van der Waals surface area contributed by atoms with Crippen LogP contribution in [0.5, 0.6) is 0 Å². The number of hydrogen-bond acceptors (Lipinski definition) is 4. The Morgan fingerprint density at radius 2 is 1.81 bits per heavy atom. The lowest BCUT2D eigenvalue weighted by atomic mass is 9.93. The number of morpholine rings is 1. The Morgan fingerprint density at radius 3 is 2.55 bits per heavy atom. The van der Waals surface area contributed by atoms with E-state index < -0.39 is 5.60 Å². The molecule has 1 N–H and O–H groups in total. The molecule has 1 unspecified atom stereocenters. The summed E-state index contributed by atoms with van der Waals surface area (Å²) in [5.41, 5.74) is 1.80. The third-order valence-corrected chi connectivity index (χ3v) is 5.49. The normalized spacial score (nSPS) is 19.1. The molecule has 2 heterocycles. The molecular weight excluding hydrogens is 393 g/mol. The van der Waals surface area contributed by atoms with Gasteiger partial charge in [-0.1, -0.05) is 48.5 Å². The summed E-state index contributed by atoms with van der Waals surface area (Å²) in [6.07, 6.45) is 2.11. The van der Waals surface area contributed by atoms with E-state index in [2.05, 4.69) is 15.2 Å². The van der Waals surface area contributed by atoms with Gasteiger partial charge in [-0.25, -0.2) is 4.39 Å². The first kappa shape index (κ1) is 21.2. The van der Waals surface area contributed by atoms with Crippen molar-refractivity contribution in [1.29, 1.82) is 0 Å². The van der Waals surface area contributed by atoms with Gasteiger partial charge in [0.1, 0.15) is 5.82 Å². The van der Waals surface area contributed by atoms with E-state index >= 15 is 0 Å². The zero-order valence-corrected chi connectivity index (χ0v) is 17.3. The number of hydrogen-bond donors (Lipinski definition) is 1. The Balaban J connectivity index is 1.52. The third kappa shape index (κ3) is 5.54. The van der Waals surface area contributed by atoms with Gasteiger partial charge in [0.05, 0.1) is 6.61 Å². The van der Waals surface area contributed by atoms with Crippen LogP contribution in [0.25, 0.3) is 0 Å². The highest BCUT2D eigenvalue weighted by atomic mass is 19.1.